The van der Waals surface area contributed by atoms with Crippen molar-refractivity contribution >= 4 is 11.9 Å². The second-order valence-corrected chi connectivity index (χ2v) is 6.36. The number of carboxylic acid groups (broad SMARTS) is 1. The lowest BCUT2D eigenvalue weighted by atomic mass is 9.97. The Morgan fingerprint density at radius 2 is 1.86 bits per heavy atom. The molecule has 2 aliphatic rings. The van der Waals surface area contributed by atoms with E-state index in [1.54, 1.807) is 0 Å². The summed E-state index contributed by atoms with van der Waals surface area (Å²) in [5.41, 5.74) is 0.276. The Balaban J connectivity index is 1.55. The lowest BCUT2D eigenvalue weighted by Gasteiger charge is -2.25. The summed E-state index contributed by atoms with van der Waals surface area (Å²) in [6, 6.07) is 10.2. The fraction of sp³-hybridized carbons (Fsp3) is 0.529. The molecule has 0 bridgehead atoms. The molecule has 0 heterocycles. The minimum Gasteiger partial charge on any atom is -0.480 e. The highest BCUT2D eigenvalue weighted by Crippen LogP contribution is 2.49. The first kappa shape index (κ1) is 14.1. The molecular weight excluding hydrogens is 266 g/mol. The van der Waals surface area contributed by atoms with Gasteiger partial charge in [0.1, 0.15) is 5.54 Å². The predicted molar refractivity (Wildman–Crippen MR) is 78.9 cm³/mol. The van der Waals surface area contributed by atoms with Crippen molar-refractivity contribution in [2.75, 3.05) is 0 Å². The molecule has 4 nitrogen and oxygen atoms in total. The van der Waals surface area contributed by atoms with Crippen molar-refractivity contribution in [2.24, 2.45) is 5.92 Å². The molecular formula is C17H21NO3. The number of hydrogen-bond donors (Lipinski definition) is 2. The summed E-state index contributed by atoms with van der Waals surface area (Å²) in [4.78, 5) is 23.6. The zero-order chi connectivity index (χ0) is 14.9. The fourth-order valence-electron chi connectivity index (χ4n) is 3.51. The van der Waals surface area contributed by atoms with Gasteiger partial charge >= 0.3 is 5.97 Å². The monoisotopic (exact) mass is 287 g/mol. The van der Waals surface area contributed by atoms with E-state index in [0.717, 1.165) is 19.3 Å². The van der Waals surface area contributed by atoms with E-state index in [4.69, 9.17) is 0 Å². The van der Waals surface area contributed by atoms with Crippen LogP contribution >= 0.6 is 0 Å². The highest BCUT2D eigenvalue weighted by molar-refractivity contribution is 5.87. The second-order valence-electron chi connectivity index (χ2n) is 6.36. The number of aliphatic carboxylic acids is 1. The molecule has 1 amide bonds. The van der Waals surface area contributed by atoms with Crippen molar-refractivity contribution in [3.8, 4) is 0 Å². The van der Waals surface area contributed by atoms with Crippen molar-refractivity contribution in [3.05, 3.63) is 35.9 Å². The van der Waals surface area contributed by atoms with E-state index in [-0.39, 0.29) is 5.91 Å². The van der Waals surface area contributed by atoms with Gasteiger partial charge in [0, 0.05) is 6.42 Å². The maximum absolute atomic E-state index is 12.2. The topological polar surface area (TPSA) is 66.4 Å². The van der Waals surface area contributed by atoms with Crippen LogP contribution in [0.25, 0.3) is 0 Å². The summed E-state index contributed by atoms with van der Waals surface area (Å²) < 4.78 is 0. The van der Waals surface area contributed by atoms with Crippen LogP contribution < -0.4 is 5.32 Å². The zero-order valence-electron chi connectivity index (χ0n) is 12.0. The second kappa shape index (κ2) is 5.51. The molecule has 2 atom stereocenters. The molecule has 0 unspecified atom stereocenters. The van der Waals surface area contributed by atoms with Crippen LogP contribution in [0.15, 0.2) is 30.3 Å². The third kappa shape index (κ3) is 2.94. The van der Waals surface area contributed by atoms with Crippen molar-refractivity contribution in [1.82, 2.24) is 5.32 Å². The minimum atomic E-state index is -1.01. The van der Waals surface area contributed by atoms with Gasteiger partial charge in [-0.3, -0.25) is 4.79 Å². The molecule has 2 N–H and O–H groups in total. The molecule has 0 spiro atoms. The summed E-state index contributed by atoms with van der Waals surface area (Å²) in [5.74, 6) is -0.174. The van der Waals surface area contributed by atoms with Crippen LogP contribution in [0.1, 0.15) is 50.0 Å². The number of nitrogens with one attached hydrogen (secondary N) is 1. The molecule has 0 radical (unpaired) electrons. The van der Waals surface area contributed by atoms with E-state index in [0.29, 0.717) is 31.1 Å². The van der Waals surface area contributed by atoms with E-state index >= 15 is 0 Å². The number of benzene rings is 1. The molecule has 112 valence electrons. The lowest BCUT2D eigenvalue weighted by Crippen LogP contribution is -2.52. The summed E-state index contributed by atoms with van der Waals surface area (Å²) in [5, 5.41) is 12.2. The van der Waals surface area contributed by atoms with E-state index in [2.05, 4.69) is 17.4 Å². The van der Waals surface area contributed by atoms with Crippen molar-refractivity contribution in [3.63, 3.8) is 0 Å². The average molecular weight is 287 g/mol. The summed E-state index contributed by atoms with van der Waals surface area (Å²) in [7, 11) is 0. The molecule has 3 rings (SSSR count). The summed E-state index contributed by atoms with van der Waals surface area (Å²) in [6.45, 7) is 0. The molecule has 0 aromatic heterocycles. The molecule has 1 aromatic carbocycles. The van der Waals surface area contributed by atoms with Gasteiger partial charge in [0.25, 0.3) is 0 Å². The number of carbonyl (C=O) groups is 2. The van der Waals surface area contributed by atoms with Gasteiger partial charge in [0.05, 0.1) is 0 Å². The maximum atomic E-state index is 12.2. The van der Waals surface area contributed by atoms with Crippen LogP contribution in [0.5, 0.6) is 0 Å². The molecule has 0 saturated heterocycles. The largest absolute Gasteiger partial charge is 0.480 e. The number of carbonyl (C=O) groups excluding carboxylic acids is 1. The Morgan fingerprint density at radius 3 is 2.48 bits per heavy atom. The quantitative estimate of drug-likeness (QED) is 0.875. The number of carboxylic acids is 1. The van der Waals surface area contributed by atoms with Crippen LogP contribution in [0.4, 0.5) is 0 Å². The first-order valence-electron chi connectivity index (χ1n) is 7.70. The first-order chi connectivity index (χ1) is 10.1. The molecule has 2 fully saturated rings. The highest BCUT2D eigenvalue weighted by atomic mass is 16.4. The number of hydrogen-bond acceptors (Lipinski definition) is 2. The molecule has 21 heavy (non-hydrogen) atoms. The molecule has 2 saturated carbocycles. The van der Waals surface area contributed by atoms with E-state index in [1.807, 2.05) is 18.2 Å². The van der Waals surface area contributed by atoms with Crippen molar-refractivity contribution < 1.29 is 14.7 Å². The molecule has 4 heteroatoms. The third-order valence-electron chi connectivity index (χ3n) is 4.84. The van der Waals surface area contributed by atoms with Crippen molar-refractivity contribution in [2.45, 2.75) is 50.0 Å². The maximum Gasteiger partial charge on any atom is 0.329 e. The molecule has 0 aliphatic heterocycles. The normalized spacial score (nSPS) is 26.3. The lowest BCUT2D eigenvalue weighted by molar-refractivity contribution is -0.147. The van der Waals surface area contributed by atoms with E-state index in [1.165, 1.54) is 5.56 Å². The Kier molecular flexibility index (Phi) is 3.70. The van der Waals surface area contributed by atoms with Crippen LogP contribution in [0.3, 0.4) is 0 Å². The Labute approximate surface area is 124 Å². The average Bonchev–Trinajstić information content (AvgIpc) is 3.06. The van der Waals surface area contributed by atoms with Gasteiger partial charge in [-0.25, -0.2) is 4.79 Å². The SMILES string of the molecule is O=C(C[C@@H]1C[C@H]1c1ccccc1)NC1(C(=O)O)CCCC1. The standard InChI is InChI=1S/C17H21NO3/c19-15(18-17(16(20)21)8-4-5-9-17)11-13-10-14(13)12-6-2-1-3-7-12/h1-3,6-7,13-14H,4-5,8-11H2,(H,18,19)(H,20,21)/t13-,14-/m0/s1. The van der Waals surface area contributed by atoms with E-state index < -0.39 is 11.5 Å². The van der Waals surface area contributed by atoms with Gasteiger partial charge < -0.3 is 10.4 Å². The Bertz CT molecular complexity index is 534. The van der Waals surface area contributed by atoms with Gasteiger partial charge in [-0.2, -0.15) is 0 Å². The Morgan fingerprint density at radius 1 is 1.19 bits per heavy atom. The number of rotatable bonds is 5. The summed E-state index contributed by atoms with van der Waals surface area (Å²) >= 11 is 0. The first-order valence-corrected chi connectivity index (χ1v) is 7.70. The summed E-state index contributed by atoms with van der Waals surface area (Å²) in [6.07, 6.45) is 4.33. The van der Waals surface area contributed by atoms with Crippen LogP contribution in [0.2, 0.25) is 0 Å². The van der Waals surface area contributed by atoms with Gasteiger partial charge in [0.15, 0.2) is 0 Å². The Hall–Kier alpha value is -1.84. The van der Waals surface area contributed by atoms with Crippen LogP contribution in [-0.2, 0) is 9.59 Å². The fourth-order valence-corrected chi connectivity index (χ4v) is 3.51. The minimum absolute atomic E-state index is 0.109. The van der Waals surface area contributed by atoms with Crippen molar-refractivity contribution in [1.29, 1.82) is 0 Å². The van der Waals surface area contributed by atoms with E-state index in [9.17, 15) is 14.7 Å². The van der Waals surface area contributed by atoms with Gasteiger partial charge in [-0.05, 0) is 36.7 Å². The molecule has 1 aromatic rings. The number of amides is 1. The van der Waals surface area contributed by atoms with Gasteiger partial charge in [-0.1, -0.05) is 43.2 Å². The predicted octanol–water partition coefficient (Wildman–Crippen LogP) is 2.69. The van der Waals surface area contributed by atoms with Gasteiger partial charge in [-0.15, -0.1) is 0 Å². The third-order valence-corrected chi connectivity index (χ3v) is 4.84. The van der Waals surface area contributed by atoms with Crippen LogP contribution in [0, 0.1) is 5.92 Å². The molecule has 2 aliphatic carbocycles. The zero-order valence-corrected chi connectivity index (χ0v) is 12.0. The van der Waals surface area contributed by atoms with Crippen LogP contribution in [-0.4, -0.2) is 22.5 Å². The smallest absolute Gasteiger partial charge is 0.329 e. The van der Waals surface area contributed by atoms with Gasteiger partial charge in [0.2, 0.25) is 5.91 Å². The highest BCUT2D eigenvalue weighted by Gasteiger charge is 2.45.